The second-order valence-corrected chi connectivity index (χ2v) is 18.4. The summed E-state index contributed by atoms with van der Waals surface area (Å²) < 4.78 is 4.98. The van der Waals surface area contributed by atoms with Crippen molar-refractivity contribution in [3.63, 3.8) is 0 Å². The summed E-state index contributed by atoms with van der Waals surface area (Å²) in [5.41, 5.74) is 25.5. The minimum Gasteiger partial charge on any atom is -0.309 e. The molecule has 65 heavy (non-hydrogen) atoms. The fraction of sp³-hybridized carbons (Fsp3) is 0.0476. The monoisotopic (exact) mass is 824 g/mol. The van der Waals surface area contributed by atoms with Gasteiger partial charge in [0.05, 0.1) is 27.5 Å². The van der Waals surface area contributed by atoms with Crippen molar-refractivity contribution in [2.45, 2.75) is 18.3 Å². The van der Waals surface area contributed by atoms with Gasteiger partial charge in [0.25, 0.3) is 0 Å². The average Bonchev–Trinajstić information content (AvgIpc) is 4.16. The maximum Gasteiger partial charge on any atom is 0.0714 e. The highest BCUT2D eigenvalue weighted by Gasteiger charge is 2.46. The number of fused-ring (bicyclic) bond motifs is 15. The highest BCUT2D eigenvalue weighted by atomic mass is 15.0. The summed E-state index contributed by atoms with van der Waals surface area (Å²) in [5.74, 6) is 0. The van der Waals surface area contributed by atoms with Gasteiger partial charge < -0.3 is 9.13 Å². The Kier molecular flexibility index (Phi) is 7.02. The Labute approximate surface area is 376 Å². The summed E-state index contributed by atoms with van der Waals surface area (Å²) in [5, 5.41) is 5.11. The summed E-state index contributed by atoms with van der Waals surface area (Å²) in [4.78, 5) is 0. The smallest absolute Gasteiger partial charge is 0.0714 e. The molecule has 2 nitrogen and oxygen atoms in total. The lowest BCUT2D eigenvalue weighted by atomic mass is 9.67. The Bertz CT molecular complexity index is 3730. The highest BCUT2D eigenvalue weighted by Crippen LogP contribution is 2.57. The van der Waals surface area contributed by atoms with Crippen LogP contribution in [0.3, 0.4) is 0 Å². The number of hydrogen-bond donors (Lipinski definition) is 0. The molecule has 302 valence electrons. The van der Waals surface area contributed by atoms with E-state index in [0.29, 0.717) is 0 Å². The van der Waals surface area contributed by atoms with E-state index < -0.39 is 5.41 Å². The Balaban J connectivity index is 1.05. The van der Waals surface area contributed by atoms with E-state index in [1.165, 1.54) is 133 Å². The largest absolute Gasteiger partial charge is 0.309 e. The summed E-state index contributed by atoms with van der Waals surface area (Å²) in [6, 6.07) is 82.8. The second-order valence-electron chi connectivity index (χ2n) is 18.4. The van der Waals surface area contributed by atoms with Crippen LogP contribution in [0.5, 0.6) is 0 Å². The summed E-state index contributed by atoms with van der Waals surface area (Å²) in [6.07, 6.45) is 1.91. The van der Waals surface area contributed by atoms with Gasteiger partial charge in [0, 0.05) is 32.9 Å². The first-order valence-corrected chi connectivity index (χ1v) is 22.9. The molecule has 0 N–H and O–H groups in total. The van der Waals surface area contributed by atoms with Crippen molar-refractivity contribution in [2.75, 3.05) is 0 Å². The van der Waals surface area contributed by atoms with E-state index in [2.05, 4.69) is 228 Å². The third-order valence-electron chi connectivity index (χ3n) is 15.2. The van der Waals surface area contributed by atoms with Crippen LogP contribution in [0.15, 0.2) is 218 Å². The third kappa shape index (κ3) is 4.68. The lowest BCUT2D eigenvalue weighted by Crippen LogP contribution is -2.28. The first-order valence-electron chi connectivity index (χ1n) is 22.9. The van der Waals surface area contributed by atoms with Gasteiger partial charge in [-0.25, -0.2) is 0 Å². The first kappa shape index (κ1) is 35.3. The lowest BCUT2D eigenvalue weighted by Gasteiger charge is -2.34. The Morgan fingerprint density at radius 2 is 0.662 bits per heavy atom. The molecular weight excluding hydrogens is 785 g/mol. The zero-order valence-corrected chi connectivity index (χ0v) is 35.6. The fourth-order valence-corrected chi connectivity index (χ4v) is 12.5. The molecule has 2 heterocycles. The third-order valence-corrected chi connectivity index (χ3v) is 15.2. The molecule has 0 fully saturated rings. The first-order chi connectivity index (χ1) is 32.2. The van der Waals surface area contributed by atoms with Gasteiger partial charge >= 0.3 is 0 Å². The van der Waals surface area contributed by atoms with Crippen LogP contribution in [0.25, 0.3) is 88.4 Å². The van der Waals surface area contributed by atoms with Gasteiger partial charge in [-0.15, -0.1) is 0 Å². The van der Waals surface area contributed by atoms with Crippen LogP contribution in [-0.4, -0.2) is 9.13 Å². The molecule has 0 atom stereocenters. The van der Waals surface area contributed by atoms with Gasteiger partial charge in [-0.3, -0.25) is 0 Å². The van der Waals surface area contributed by atoms with Crippen LogP contribution >= 0.6 is 0 Å². The molecule has 0 aliphatic heterocycles. The highest BCUT2D eigenvalue weighted by molar-refractivity contribution is 6.13. The predicted molar refractivity (Wildman–Crippen MR) is 269 cm³/mol. The van der Waals surface area contributed by atoms with Crippen LogP contribution in [0, 0.1) is 0 Å². The summed E-state index contributed by atoms with van der Waals surface area (Å²) in [7, 11) is 0. The van der Waals surface area contributed by atoms with Crippen molar-refractivity contribution in [3.05, 3.63) is 263 Å². The number of rotatable bonds is 4. The molecule has 10 aromatic carbocycles. The van der Waals surface area contributed by atoms with Crippen LogP contribution in [0.4, 0.5) is 0 Å². The molecule has 0 radical (unpaired) electrons. The van der Waals surface area contributed by atoms with Crippen LogP contribution in [0.2, 0.25) is 0 Å². The van der Waals surface area contributed by atoms with E-state index in [1.807, 2.05) is 0 Å². The van der Waals surface area contributed by atoms with Gasteiger partial charge in [-0.2, -0.15) is 0 Å². The van der Waals surface area contributed by atoms with Crippen LogP contribution < -0.4 is 0 Å². The normalized spacial score (nSPS) is 13.8. The van der Waals surface area contributed by atoms with Crippen molar-refractivity contribution < 1.29 is 0 Å². The molecule has 15 rings (SSSR count). The lowest BCUT2D eigenvalue weighted by molar-refractivity contribution is 0.771. The fourth-order valence-electron chi connectivity index (χ4n) is 12.5. The van der Waals surface area contributed by atoms with Gasteiger partial charge in [0.1, 0.15) is 0 Å². The summed E-state index contributed by atoms with van der Waals surface area (Å²) in [6.45, 7) is 0. The standard InChI is InChI=1S/C63H40N2/c1-3-17-45(18-4-1)64-59-29-27-43(35-53(59)55-37-51-41(33-61(55)64)31-39-15-7-9-21-47(39)51)63(57-25-13-11-23-49(57)50-24-12-14-26-58(50)63)44-28-30-60-54(36-44)56-38-52-42(32-40-16-8-10-22-48(40)52)34-62(56)65(60)46-19-5-2-6-20-46/h1-30,33-38H,31-32H2. The van der Waals surface area contributed by atoms with Gasteiger partial charge in [0.15, 0.2) is 0 Å². The second kappa shape index (κ2) is 12.9. The molecule has 0 amide bonds. The Morgan fingerprint density at radius 3 is 1.12 bits per heavy atom. The number of benzene rings is 10. The van der Waals surface area contributed by atoms with E-state index in [4.69, 9.17) is 0 Å². The number of hydrogen-bond acceptors (Lipinski definition) is 0. The molecule has 0 saturated carbocycles. The molecule has 0 spiro atoms. The number of para-hydroxylation sites is 2. The van der Waals surface area contributed by atoms with Crippen molar-refractivity contribution in [2.24, 2.45) is 0 Å². The Hall–Kier alpha value is -8.20. The minimum atomic E-state index is -0.593. The number of aromatic nitrogens is 2. The average molecular weight is 825 g/mol. The number of nitrogens with zero attached hydrogens (tertiary/aromatic N) is 2. The maximum absolute atomic E-state index is 2.55. The van der Waals surface area contributed by atoms with Gasteiger partial charge in [-0.1, -0.05) is 146 Å². The van der Waals surface area contributed by atoms with Gasteiger partial charge in [0.2, 0.25) is 0 Å². The van der Waals surface area contributed by atoms with Crippen molar-refractivity contribution in [1.82, 2.24) is 9.13 Å². The van der Waals surface area contributed by atoms with Crippen LogP contribution in [-0.2, 0) is 18.3 Å². The molecule has 2 aromatic heterocycles. The molecular formula is C63H40N2. The SMILES string of the molecule is c1ccc(-n2c3ccc(C4(c5ccc6c(c5)c5cc7c(cc5n6-c5ccccc5)Cc5ccccc5-7)c5ccccc5-c5ccccc54)cc3c3cc4c(cc32)Cc2ccccc2-4)cc1. The zero-order valence-electron chi connectivity index (χ0n) is 35.6. The van der Waals surface area contributed by atoms with Crippen LogP contribution in [0.1, 0.15) is 44.5 Å². The summed E-state index contributed by atoms with van der Waals surface area (Å²) >= 11 is 0. The molecule has 0 unspecified atom stereocenters. The quantitative estimate of drug-likeness (QED) is 0.167. The van der Waals surface area contributed by atoms with E-state index in [0.717, 1.165) is 12.8 Å². The van der Waals surface area contributed by atoms with E-state index in [-0.39, 0.29) is 0 Å². The molecule has 12 aromatic rings. The van der Waals surface area contributed by atoms with E-state index in [1.54, 1.807) is 0 Å². The van der Waals surface area contributed by atoms with Gasteiger partial charge in [-0.05, 0) is 164 Å². The topological polar surface area (TPSA) is 9.86 Å². The van der Waals surface area contributed by atoms with Crippen molar-refractivity contribution in [3.8, 4) is 44.8 Å². The predicted octanol–water partition coefficient (Wildman–Crippen LogP) is 15.4. The minimum absolute atomic E-state index is 0.593. The maximum atomic E-state index is 2.55. The molecule has 0 bridgehead atoms. The van der Waals surface area contributed by atoms with E-state index in [9.17, 15) is 0 Å². The van der Waals surface area contributed by atoms with Crippen molar-refractivity contribution >= 4 is 43.6 Å². The van der Waals surface area contributed by atoms with Crippen molar-refractivity contribution in [1.29, 1.82) is 0 Å². The molecule has 3 aliphatic carbocycles. The molecule has 3 aliphatic rings. The molecule has 2 heteroatoms. The Morgan fingerprint density at radius 1 is 0.277 bits per heavy atom. The molecule has 0 saturated heterocycles. The van der Waals surface area contributed by atoms with E-state index >= 15 is 0 Å². The zero-order chi connectivity index (χ0) is 42.4.